The summed E-state index contributed by atoms with van der Waals surface area (Å²) in [6, 6.07) is 8.90. The maximum absolute atomic E-state index is 12.5. The molecule has 0 saturated heterocycles. The number of anilines is 1. The molecule has 0 aromatic heterocycles. The van der Waals surface area contributed by atoms with Crippen LogP contribution in [-0.4, -0.2) is 32.2 Å². The predicted octanol–water partition coefficient (Wildman–Crippen LogP) is 4.67. The van der Waals surface area contributed by atoms with Gasteiger partial charge in [-0.15, -0.1) is 0 Å². The van der Waals surface area contributed by atoms with E-state index in [0.29, 0.717) is 0 Å². The fraction of sp³-hybridized carbons (Fsp3) is 0.133. The van der Waals surface area contributed by atoms with E-state index in [-0.39, 0.29) is 25.7 Å². The lowest BCUT2D eigenvalue weighted by Crippen LogP contribution is -2.35. The summed E-state index contributed by atoms with van der Waals surface area (Å²) in [7, 11) is -2.48. The minimum atomic E-state index is -3.80. The largest absolute Gasteiger partial charge is 0.324 e. The van der Waals surface area contributed by atoms with E-state index < -0.39 is 22.5 Å². The lowest BCUT2D eigenvalue weighted by molar-refractivity contribution is -0.116. The predicted molar refractivity (Wildman–Crippen MR) is 104 cm³/mol. The number of hydrogen-bond acceptors (Lipinski definition) is 3. The quantitative estimate of drug-likeness (QED) is 0.625. The summed E-state index contributed by atoms with van der Waals surface area (Å²) in [4.78, 5) is 12.2. The van der Waals surface area contributed by atoms with E-state index in [0.717, 1.165) is 8.78 Å². The van der Waals surface area contributed by atoms with Crippen LogP contribution in [-0.2, 0) is 14.8 Å². The van der Waals surface area contributed by atoms with E-state index >= 15 is 0 Å². The van der Waals surface area contributed by atoms with Crippen molar-refractivity contribution in [1.82, 2.24) is 4.31 Å². The number of sulfonamides is 1. The highest BCUT2D eigenvalue weighted by atomic mass is 79.9. The van der Waals surface area contributed by atoms with Gasteiger partial charge >= 0.3 is 0 Å². The fourth-order valence-corrected chi connectivity index (χ4v) is 3.87. The molecular weight excluding hydrogens is 475 g/mol. The first-order chi connectivity index (χ1) is 11.6. The average Bonchev–Trinajstić information content (AvgIpc) is 2.52. The Bertz CT molecular complexity index is 905. The van der Waals surface area contributed by atoms with Crippen molar-refractivity contribution in [3.63, 3.8) is 0 Å². The molecule has 0 radical (unpaired) electrons. The van der Waals surface area contributed by atoms with E-state index in [1.165, 1.54) is 31.3 Å². The monoisotopic (exact) mass is 484 g/mol. The number of amides is 1. The SMILES string of the molecule is CN(CC(=O)Nc1cc(Cl)c(Cl)cc1Cl)S(=O)(=O)c1ccc(Br)cc1. The Labute approximate surface area is 169 Å². The van der Waals surface area contributed by atoms with Gasteiger partial charge in [0.1, 0.15) is 0 Å². The molecule has 2 rings (SSSR count). The number of halogens is 4. The van der Waals surface area contributed by atoms with Crippen LogP contribution < -0.4 is 5.32 Å². The Kier molecular flexibility index (Phi) is 6.75. The van der Waals surface area contributed by atoms with Crippen LogP contribution in [0.5, 0.6) is 0 Å². The third-order valence-corrected chi connectivity index (χ3v) is 6.55. The molecule has 0 fully saturated rings. The summed E-state index contributed by atoms with van der Waals surface area (Å²) in [5, 5.41) is 3.18. The van der Waals surface area contributed by atoms with E-state index in [1.54, 1.807) is 12.1 Å². The van der Waals surface area contributed by atoms with Crippen LogP contribution in [0.1, 0.15) is 0 Å². The molecule has 0 aliphatic rings. The summed E-state index contributed by atoms with van der Waals surface area (Å²) in [6.07, 6.45) is 0. The lowest BCUT2D eigenvalue weighted by atomic mass is 10.3. The van der Waals surface area contributed by atoms with E-state index in [1.807, 2.05) is 0 Å². The lowest BCUT2D eigenvalue weighted by Gasteiger charge is -2.17. The second-order valence-electron chi connectivity index (χ2n) is 5.01. The molecule has 1 N–H and O–H groups in total. The van der Waals surface area contributed by atoms with Gasteiger partial charge in [-0.25, -0.2) is 8.42 Å². The second kappa shape index (κ2) is 8.24. The third kappa shape index (κ3) is 5.09. The Balaban J connectivity index is 2.12. The smallest absolute Gasteiger partial charge is 0.243 e. The van der Waals surface area contributed by atoms with Crippen molar-refractivity contribution in [3.8, 4) is 0 Å². The van der Waals surface area contributed by atoms with Gasteiger partial charge in [-0.1, -0.05) is 50.7 Å². The Morgan fingerprint density at radius 2 is 1.64 bits per heavy atom. The van der Waals surface area contributed by atoms with Gasteiger partial charge in [0.15, 0.2) is 0 Å². The molecule has 25 heavy (non-hydrogen) atoms. The van der Waals surface area contributed by atoms with Crippen molar-refractivity contribution < 1.29 is 13.2 Å². The molecule has 134 valence electrons. The molecule has 10 heteroatoms. The summed E-state index contributed by atoms with van der Waals surface area (Å²) in [6.45, 7) is -0.394. The van der Waals surface area contributed by atoms with E-state index in [4.69, 9.17) is 34.8 Å². The van der Waals surface area contributed by atoms with Crippen molar-refractivity contribution >= 4 is 72.4 Å². The average molecular weight is 487 g/mol. The minimum Gasteiger partial charge on any atom is -0.324 e. The van der Waals surface area contributed by atoms with Gasteiger partial charge in [0, 0.05) is 11.5 Å². The zero-order valence-electron chi connectivity index (χ0n) is 12.8. The maximum atomic E-state index is 12.5. The van der Waals surface area contributed by atoms with Crippen molar-refractivity contribution in [1.29, 1.82) is 0 Å². The number of hydrogen-bond donors (Lipinski definition) is 1. The number of rotatable bonds is 5. The molecule has 0 aliphatic heterocycles. The van der Waals surface area contributed by atoms with Gasteiger partial charge in [-0.05, 0) is 36.4 Å². The fourth-order valence-electron chi connectivity index (χ4n) is 1.88. The Hall–Kier alpha value is -0.830. The van der Waals surface area contributed by atoms with Crippen molar-refractivity contribution in [2.45, 2.75) is 4.90 Å². The van der Waals surface area contributed by atoms with Crippen LogP contribution in [0.3, 0.4) is 0 Å². The van der Waals surface area contributed by atoms with Gasteiger partial charge in [0.05, 0.1) is 32.2 Å². The first-order valence-electron chi connectivity index (χ1n) is 6.77. The highest BCUT2D eigenvalue weighted by molar-refractivity contribution is 9.10. The third-order valence-electron chi connectivity index (χ3n) is 3.17. The minimum absolute atomic E-state index is 0.0820. The second-order valence-corrected chi connectivity index (χ2v) is 9.19. The number of nitrogens with zero attached hydrogens (tertiary/aromatic N) is 1. The van der Waals surface area contributed by atoms with Crippen LogP contribution in [0.4, 0.5) is 5.69 Å². The number of carbonyl (C=O) groups is 1. The highest BCUT2D eigenvalue weighted by Gasteiger charge is 2.23. The van der Waals surface area contributed by atoms with Gasteiger partial charge in [0.2, 0.25) is 15.9 Å². The van der Waals surface area contributed by atoms with Crippen LogP contribution in [0.25, 0.3) is 0 Å². The van der Waals surface area contributed by atoms with Crippen LogP contribution >= 0.6 is 50.7 Å². The van der Waals surface area contributed by atoms with Crippen LogP contribution in [0.2, 0.25) is 15.1 Å². The van der Waals surface area contributed by atoms with Gasteiger partial charge in [-0.3, -0.25) is 4.79 Å². The normalized spacial score (nSPS) is 11.6. The van der Waals surface area contributed by atoms with Crippen LogP contribution in [0, 0.1) is 0 Å². The van der Waals surface area contributed by atoms with E-state index in [2.05, 4.69) is 21.2 Å². The van der Waals surface area contributed by atoms with Gasteiger partial charge in [-0.2, -0.15) is 4.31 Å². The summed E-state index contributed by atoms with van der Waals surface area (Å²) < 4.78 is 26.6. The topological polar surface area (TPSA) is 66.5 Å². The summed E-state index contributed by atoms with van der Waals surface area (Å²) >= 11 is 20.9. The van der Waals surface area contributed by atoms with E-state index in [9.17, 15) is 13.2 Å². The molecule has 1 amide bonds. The number of nitrogens with one attached hydrogen (secondary N) is 1. The van der Waals surface area contributed by atoms with Crippen molar-refractivity contribution in [3.05, 3.63) is 55.9 Å². The summed E-state index contributed by atoms with van der Waals surface area (Å²) in [5.41, 5.74) is 0.246. The van der Waals surface area contributed by atoms with Gasteiger partial charge < -0.3 is 5.32 Å². The Morgan fingerprint density at radius 1 is 1.08 bits per heavy atom. The maximum Gasteiger partial charge on any atom is 0.243 e. The first kappa shape index (κ1) is 20.5. The Morgan fingerprint density at radius 3 is 2.24 bits per heavy atom. The number of likely N-dealkylation sites (N-methyl/N-ethyl adjacent to an activating group) is 1. The van der Waals surface area contributed by atoms with Crippen molar-refractivity contribution in [2.24, 2.45) is 0 Å². The standard InChI is InChI=1S/C15H12BrCl3N2O3S/c1-21(25(23,24)10-4-2-9(16)3-5-10)8-15(22)20-14-7-12(18)11(17)6-13(14)19/h2-7H,8H2,1H3,(H,20,22). The molecule has 0 spiro atoms. The summed E-state index contributed by atoms with van der Waals surface area (Å²) in [5.74, 6) is -0.566. The van der Waals surface area contributed by atoms with Crippen LogP contribution in [0.15, 0.2) is 45.8 Å². The molecule has 2 aromatic rings. The molecule has 0 atom stereocenters. The van der Waals surface area contributed by atoms with Gasteiger partial charge in [0.25, 0.3) is 0 Å². The molecule has 0 heterocycles. The molecule has 0 unspecified atom stereocenters. The molecule has 0 saturated carbocycles. The molecule has 0 aliphatic carbocycles. The molecule has 0 bridgehead atoms. The zero-order chi connectivity index (χ0) is 18.8. The molecule has 2 aromatic carbocycles. The number of carbonyl (C=O) groups excluding carboxylic acids is 1. The first-order valence-corrected chi connectivity index (χ1v) is 10.1. The zero-order valence-corrected chi connectivity index (χ0v) is 17.4. The molecule has 5 nitrogen and oxygen atoms in total. The highest BCUT2D eigenvalue weighted by Crippen LogP contribution is 2.32. The van der Waals surface area contributed by atoms with Crippen molar-refractivity contribution in [2.75, 3.05) is 18.9 Å². The molecular formula is C15H12BrCl3N2O3S. The number of benzene rings is 2.